The molecule has 3 rings (SSSR count). The molecule has 1 aliphatic rings. The van der Waals surface area contributed by atoms with Crippen molar-refractivity contribution in [1.29, 1.82) is 0 Å². The minimum absolute atomic E-state index is 0.0645. The molecule has 0 atom stereocenters. The van der Waals surface area contributed by atoms with Crippen LogP contribution in [0.5, 0.6) is 0 Å². The number of benzene rings is 1. The molecule has 0 unspecified atom stereocenters. The predicted octanol–water partition coefficient (Wildman–Crippen LogP) is 3.05. The summed E-state index contributed by atoms with van der Waals surface area (Å²) in [5.41, 5.74) is 10.2. The van der Waals surface area contributed by atoms with Gasteiger partial charge in [-0.1, -0.05) is 13.0 Å². The average Bonchev–Trinajstić information content (AvgIpc) is 2.89. The van der Waals surface area contributed by atoms with E-state index in [1.165, 1.54) is 4.88 Å². The van der Waals surface area contributed by atoms with Gasteiger partial charge in [-0.25, -0.2) is 0 Å². The Balaban J connectivity index is 2.05. The van der Waals surface area contributed by atoms with Gasteiger partial charge in [-0.05, 0) is 35.7 Å². The Morgan fingerprint density at radius 2 is 2.22 bits per heavy atom. The Hall–Kier alpha value is -1.81. The number of anilines is 2. The van der Waals surface area contributed by atoms with Crippen LogP contribution in [0.25, 0.3) is 11.1 Å². The van der Waals surface area contributed by atoms with E-state index in [0.29, 0.717) is 6.42 Å². The number of amides is 1. The van der Waals surface area contributed by atoms with E-state index < -0.39 is 0 Å². The van der Waals surface area contributed by atoms with Crippen LogP contribution in [-0.4, -0.2) is 5.91 Å². The smallest absolute Gasteiger partial charge is 0.228 e. The Bertz CT molecular complexity index is 631. The summed E-state index contributed by atoms with van der Waals surface area (Å²) in [6, 6.07) is 8.18. The molecule has 18 heavy (non-hydrogen) atoms. The zero-order valence-corrected chi connectivity index (χ0v) is 10.9. The van der Waals surface area contributed by atoms with Gasteiger partial charge in [0.1, 0.15) is 0 Å². The van der Waals surface area contributed by atoms with Gasteiger partial charge in [0.05, 0.1) is 11.4 Å². The monoisotopic (exact) mass is 258 g/mol. The zero-order chi connectivity index (χ0) is 12.7. The number of hydrogen-bond donors (Lipinski definition) is 2. The lowest BCUT2D eigenvalue weighted by Crippen LogP contribution is -2.03. The molecule has 4 heteroatoms. The van der Waals surface area contributed by atoms with Gasteiger partial charge in [0.15, 0.2) is 0 Å². The van der Waals surface area contributed by atoms with Crippen molar-refractivity contribution in [3.63, 3.8) is 0 Å². The fourth-order valence-electron chi connectivity index (χ4n) is 2.25. The summed E-state index contributed by atoms with van der Waals surface area (Å²) in [6.45, 7) is 2.13. The van der Waals surface area contributed by atoms with Crippen LogP contribution in [0.1, 0.15) is 17.4 Å². The molecule has 1 aromatic carbocycles. The molecular weight excluding hydrogens is 244 g/mol. The van der Waals surface area contributed by atoms with Crippen LogP contribution in [0.3, 0.4) is 0 Å². The number of nitrogen functional groups attached to an aromatic ring is 1. The zero-order valence-electron chi connectivity index (χ0n) is 10.1. The second-order valence-corrected chi connectivity index (χ2v) is 5.61. The predicted molar refractivity (Wildman–Crippen MR) is 75.9 cm³/mol. The van der Waals surface area contributed by atoms with Crippen LogP contribution in [0.2, 0.25) is 0 Å². The van der Waals surface area contributed by atoms with E-state index in [2.05, 4.69) is 24.4 Å². The van der Waals surface area contributed by atoms with Crippen LogP contribution in [0, 0.1) is 0 Å². The van der Waals surface area contributed by atoms with E-state index in [-0.39, 0.29) is 5.91 Å². The van der Waals surface area contributed by atoms with Crippen molar-refractivity contribution in [2.45, 2.75) is 19.8 Å². The Labute approximate surface area is 110 Å². The third-order valence-corrected chi connectivity index (χ3v) is 4.31. The number of aryl methyl sites for hydroxylation is 1. The van der Waals surface area contributed by atoms with Crippen molar-refractivity contribution < 1.29 is 4.79 Å². The minimum atomic E-state index is 0.0645. The number of carbonyl (C=O) groups excluding carboxylic acids is 1. The third kappa shape index (κ3) is 1.78. The lowest BCUT2D eigenvalue weighted by Gasteiger charge is -2.03. The van der Waals surface area contributed by atoms with Gasteiger partial charge >= 0.3 is 0 Å². The SMILES string of the molecule is CCc1cc(-c2ccc3c(c2)CC(=O)N3)c(N)s1. The molecule has 3 N–H and O–H groups in total. The summed E-state index contributed by atoms with van der Waals surface area (Å²) < 4.78 is 0. The van der Waals surface area contributed by atoms with Gasteiger partial charge in [-0.15, -0.1) is 11.3 Å². The van der Waals surface area contributed by atoms with Crippen molar-refractivity contribution in [2.75, 3.05) is 11.1 Å². The van der Waals surface area contributed by atoms with Crippen LogP contribution in [-0.2, 0) is 17.6 Å². The third-order valence-electron chi connectivity index (χ3n) is 3.20. The van der Waals surface area contributed by atoms with E-state index in [9.17, 15) is 4.79 Å². The van der Waals surface area contributed by atoms with Gasteiger partial charge in [-0.3, -0.25) is 4.79 Å². The van der Waals surface area contributed by atoms with Crippen molar-refractivity contribution in [3.05, 3.63) is 34.7 Å². The van der Waals surface area contributed by atoms with Gasteiger partial charge in [0.25, 0.3) is 0 Å². The second kappa shape index (κ2) is 4.14. The van der Waals surface area contributed by atoms with E-state index in [1.807, 2.05) is 12.1 Å². The molecule has 0 saturated carbocycles. The van der Waals surface area contributed by atoms with Crippen LogP contribution >= 0.6 is 11.3 Å². The normalized spacial score (nSPS) is 13.5. The van der Waals surface area contributed by atoms with Gasteiger partial charge in [-0.2, -0.15) is 0 Å². The summed E-state index contributed by atoms with van der Waals surface area (Å²) in [6.07, 6.45) is 1.47. The molecule has 1 aromatic heterocycles. The number of rotatable bonds is 2. The van der Waals surface area contributed by atoms with Gasteiger partial charge in [0, 0.05) is 16.1 Å². The molecule has 0 fully saturated rings. The molecule has 3 nitrogen and oxygen atoms in total. The first-order valence-electron chi connectivity index (χ1n) is 5.98. The maximum atomic E-state index is 11.3. The van der Waals surface area contributed by atoms with Crippen LogP contribution < -0.4 is 11.1 Å². The van der Waals surface area contributed by atoms with E-state index >= 15 is 0 Å². The first-order chi connectivity index (χ1) is 8.67. The fraction of sp³-hybridized carbons (Fsp3) is 0.214. The molecule has 1 amide bonds. The molecule has 0 bridgehead atoms. The first-order valence-corrected chi connectivity index (χ1v) is 6.80. The van der Waals surface area contributed by atoms with Crippen molar-refractivity contribution in [3.8, 4) is 11.1 Å². The quantitative estimate of drug-likeness (QED) is 0.869. The van der Waals surface area contributed by atoms with E-state index in [0.717, 1.165) is 33.8 Å². The molecule has 2 aromatic rings. The summed E-state index contributed by atoms with van der Waals surface area (Å²) >= 11 is 1.64. The highest BCUT2D eigenvalue weighted by Gasteiger charge is 2.18. The molecule has 92 valence electrons. The number of carbonyl (C=O) groups is 1. The second-order valence-electron chi connectivity index (χ2n) is 4.44. The Kier molecular flexibility index (Phi) is 2.59. The van der Waals surface area contributed by atoms with E-state index in [1.54, 1.807) is 11.3 Å². The van der Waals surface area contributed by atoms with Crippen LogP contribution in [0.15, 0.2) is 24.3 Å². The standard InChI is InChI=1S/C14H14N2OS/c1-2-10-7-11(14(15)18-10)8-3-4-12-9(5-8)6-13(17)16-12/h3-5,7H,2,6,15H2,1H3,(H,16,17). The highest BCUT2D eigenvalue weighted by atomic mass is 32.1. The number of nitrogens with one attached hydrogen (secondary N) is 1. The van der Waals surface area contributed by atoms with E-state index in [4.69, 9.17) is 5.73 Å². The summed E-state index contributed by atoms with van der Waals surface area (Å²) in [5, 5.41) is 3.69. The van der Waals surface area contributed by atoms with Gasteiger partial charge < -0.3 is 11.1 Å². The first kappa shape index (κ1) is 11.3. The Morgan fingerprint density at radius 1 is 1.39 bits per heavy atom. The minimum Gasteiger partial charge on any atom is -0.390 e. The summed E-state index contributed by atoms with van der Waals surface area (Å²) in [5.74, 6) is 0.0645. The molecular formula is C14H14N2OS. The number of nitrogens with two attached hydrogens (primary N) is 1. The Morgan fingerprint density at radius 3 is 2.94 bits per heavy atom. The lowest BCUT2D eigenvalue weighted by atomic mass is 10.0. The molecule has 0 aliphatic carbocycles. The van der Waals surface area contributed by atoms with Crippen molar-refractivity contribution >= 4 is 27.9 Å². The van der Waals surface area contributed by atoms with Crippen molar-refractivity contribution in [1.82, 2.24) is 0 Å². The lowest BCUT2D eigenvalue weighted by molar-refractivity contribution is -0.115. The van der Waals surface area contributed by atoms with Gasteiger partial charge in [0.2, 0.25) is 5.91 Å². The number of fused-ring (bicyclic) bond motifs is 1. The number of thiophene rings is 1. The highest BCUT2D eigenvalue weighted by molar-refractivity contribution is 7.16. The molecule has 1 aliphatic heterocycles. The summed E-state index contributed by atoms with van der Waals surface area (Å²) in [4.78, 5) is 12.6. The summed E-state index contributed by atoms with van der Waals surface area (Å²) in [7, 11) is 0. The van der Waals surface area contributed by atoms with Crippen LogP contribution in [0.4, 0.5) is 10.7 Å². The maximum absolute atomic E-state index is 11.3. The maximum Gasteiger partial charge on any atom is 0.228 e. The molecule has 0 radical (unpaired) electrons. The highest BCUT2D eigenvalue weighted by Crippen LogP contribution is 2.36. The molecule has 0 spiro atoms. The largest absolute Gasteiger partial charge is 0.390 e. The molecule has 0 saturated heterocycles. The molecule has 2 heterocycles. The number of hydrogen-bond acceptors (Lipinski definition) is 3. The topological polar surface area (TPSA) is 55.1 Å². The average molecular weight is 258 g/mol. The van der Waals surface area contributed by atoms with Crippen molar-refractivity contribution in [2.24, 2.45) is 0 Å². The fourth-order valence-corrected chi connectivity index (χ4v) is 3.14.